The van der Waals surface area contributed by atoms with Crippen LogP contribution in [-0.4, -0.2) is 14.5 Å². The van der Waals surface area contributed by atoms with Crippen molar-refractivity contribution in [2.45, 2.75) is 17.5 Å². The van der Waals surface area contributed by atoms with Crippen molar-refractivity contribution in [3.63, 3.8) is 0 Å². The maximum absolute atomic E-state index is 13.1. The number of aromatic nitrogens is 3. The summed E-state index contributed by atoms with van der Waals surface area (Å²) in [5, 5.41) is 2.29. The zero-order valence-electron chi connectivity index (χ0n) is 14.7. The van der Waals surface area contributed by atoms with Crippen LogP contribution in [0.2, 0.25) is 10.0 Å². The van der Waals surface area contributed by atoms with E-state index in [1.807, 2.05) is 42.5 Å². The highest BCUT2D eigenvalue weighted by atomic mass is 35.5. The second kappa shape index (κ2) is 8.35. The first-order chi connectivity index (χ1) is 13.6. The van der Waals surface area contributed by atoms with Gasteiger partial charge in [-0.3, -0.25) is 14.3 Å². The average Bonchev–Trinajstić information content (AvgIpc) is 2.72. The van der Waals surface area contributed by atoms with E-state index in [-0.39, 0.29) is 5.56 Å². The summed E-state index contributed by atoms with van der Waals surface area (Å²) in [7, 11) is 0. The summed E-state index contributed by atoms with van der Waals surface area (Å²) in [6, 6.07) is 16.7. The molecule has 0 bridgehead atoms. The topological polar surface area (TPSA) is 47.8 Å². The van der Waals surface area contributed by atoms with Crippen molar-refractivity contribution in [3.05, 3.63) is 98.5 Å². The smallest absolute Gasteiger partial charge is 0.262 e. The monoisotopic (exact) mass is 427 g/mol. The Kier molecular flexibility index (Phi) is 5.67. The van der Waals surface area contributed by atoms with Gasteiger partial charge in [0.1, 0.15) is 0 Å². The molecule has 2 heterocycles. The number of pyridine rings is 1. The number of para-hydroxylation sites is 1. The van der Waals surface area contributed by atoms with Gasteiger partial charge in [0.25, 0.3) is 5.56 Å². The number of hydrogen-bond donors (Lipinski definition) is 0. The van der Waals surface area contributed by atoms with Crippen LogP contribution in [0, 0.1) is 0 Å². The average molecular weight is 428 g/mol. The Balaban J connectivity index is 1.73. The molecule has 4 aromatic rings. The van der Waals surface area contributed by atoms with Crippen molar-refractivity contribution >= 4 is 45.9 Å². The van der Waals surface area contributed by atoms with Crippen molar-refractivity contribution in [3.8, 4) is 0 Å². The third kappa shape index (κ3) is 4.07. The van der Waals surface area contributed by atoms with E-state index >= 15 is 0 Å². The summed E-state index contributed by atoms with van der Waals surface area (Å²) in [6.07, 6.45) is 3.47. The number of rotatable bonds is 5. The molecule has 2 aromatic carbocycles. The molecule has 0 aliphatic carbocycles. The maximum Gasteiger partial charge on any atom is 0.262 e. The van der Waals surface area contributed by atoms with Crippen molar-refractivity contribution in [1.82, 2.24) is 14.5 Å². The molecular formula is C21H15Cl2N3OS. The quantitative estimate of drug-likeness (QED) is 0.314. The van der Waals surface area contributed by atoms with E-state index < -0.39 is 0 Å². The summed E-state index contributed by atoms with van der Waals surface area (Å²) in [4.78, 5) is 22.0. The van der Waals surface area contributed by atoms with E-state index in [9.17, 15) is 4.79 Å². The normalized spacial score (nSPS) is 11.1. The van der Waals surface area contributed by atoms with Crippen LogP contribution in [0.1, 0.15) is 11.1 Å². The largest absolute Gasteiger partial charge is 0.283 e. The molecule has 0 atom stereocenters. The predicted octanol–water partition coefficient (Wildman–Crippen LogP) is 5.44. The first-order valence-electron chi connectivity index (χ1n) is 8.57. The lowest BCUT2D eigenvalue weighted by atomic mass is 10.2. The summed E-state index contributed by atoms with van der Waals surface area (Å²) >= 11 is 13.6. The van der Waals surface area contributed by atoms with Crippen LogP contribution >= 0.6 is 35.0 Å². The Bertz CT molecular complexity index is 1200. The zero-order chi connectivity index (χ0) is 19.5. The minimum atomic E-state index is -0.0638. The summed E-state index contributed by atoms with van der Waals surface area (Å²) < 4.78 is 1.70. The van der Waals surface area contributed by atoms with Crippen LogP contribution in [0.5, 0.6) is 0 Å². The minimum Gasteiger partial charge on any atom is -0.283 e. The molecule has 28 heavy (non-hydrogen) atoms. The van der Waals surface area contributed by atoms with Gasteiger partial charge in [-0.25, -0.2) is 4.98 Å². The zero-order valence-corrected chi connectivity index (χ0v) is 17.0. The molecule has 0 N–H and O–H groups in total. The van der Waals surface area contributed by atoms with E-state index in [1.165, 1.54) is 11.8 Å². The molecule has 0 spiro atoms. The fourth-order valence-electron chi connectivity index (χ4n) is 2.85. The number of fused-ring (bicyclic) bond motifs is 1. The molecule has 0 fully saturated rings. The van der Waals surface area contributed by atoms with Gasteiger partial charge in [-0.1, -0.05) is 59.2 Å². The fraction of sp³-hybridized carbons (Fsp3) is 0.0952. The Hall–Kier alpha value is -2.34. The SMILES string of the molecule is O=c1c2ccccc2nc(SCc2ccc(Cl)c(Cl)c2)n1Cc1cccnc1. The van der Waals surface area contributed by atoms with E-state index in [2.05, 4.69) is 4.98 Å². The van der Waals surface area contributed by atoms with Gasteiger partial charge in [0.05, 0.1) is 27.5 Å². The number of hydrogen-bond acceptors (Lipinski definition) is 4. The lowest BCUT2D eigenvalue weighted by Crippen LogP contribution is -2.24. The van der Waals surface area contributed by atoms with Crippen LogP contribution in [-0.2, 0) is 12.3 Å². The lowest BCUT2D eigenvalue weighted by molar-refractivity contribution is 0.656. The fourth-order valence-corrected chi connectivity index (χ4v) is 4.11. The van der Waals surface area contributed by atoms with E-state index in [0.717, 1.165) is 11.1 Å². The van der Waals surface area contributed by atoms with Gasteiger partial charge in [0.2, 0.25) is 0 Å². The molecule has 2 aromatic heterocycles. The standard InChI is InChI=1S/C21H15Cl2N3OS/c22-17-8-7-14(10-18(17)23)13-28-21-25-19-6-2-1-5-16(19)20(27)26(21)12-15-4-3-9-24-11-15/h1-11H,12-13H2. The van der Waals surface area contributed by atoms with Gasteiger partial charge >= 0.3 is 0 Å². The van der Waals surface area contributed by atoms with Gasteiger partial charge in [-0.2, -0.15) is 0 Å². The molecule has 0 amide bonds. The van der Waals surface area contributed by atoms with Crippen molar-refractivity contribution < 1.29 is 0 Å². The molecule has 0 aliphatic heterocycles. The molecular weight excluding hydrogens is 413 g/mol. The molecule has 0 saturated heterocycles. The van der Waals surface area contributed by atoms with Gasteiger partial charge in [-0.05, 0) is 41.5 Å². The van der Waals surface area contributed by atoms with Crippen LogP contribution < -0.4 is 5.56 Å². The Morgan fingerprint density at radius 2 is 1.82 bits per heavy atom. The molecule has 0 saturated carbocycles. The molecule has 7 heteroatoms. The summed E-state index contributed by atoms with van der Waals surface area (Å²) in [6.45, 7) is 0.411. The van der Waals surface area contributed by atoms with Crippen molar-refractivity contribution in [2.75, 3.05) is 0 Å². The lowest BCUT2D eigenvalue weighted by Gasteiger charge is -2.13. The maximum atomic E-state index is 13.1. The predicted molar refractivity (Wildman–Crippen MR) is 115 cm³/mol. The first-order valence-corrected chi connectivity index (χ1v) is 10.3. The molecule has 0 unspecified atom stereocenters. The summed E-state index contributed by atoms with van der Waals surface area (Å²) in [5.74, 6) is 0.620. The Labute approximate surface area is 176 Å². The van der Waals surface area contributed by atoms with E-state index in [1.54, 1.807) is 29.1 Å². The van der Waals surface area contributed by atoms with Crippen molar-refractivity contribution in [1.29, 1.82) is 0 Å². The van der Waals surface area contributed by atoms with Crippen molar-refractivity contribution in [2.24, 2.45) is 0 Å². The number of benzene rings is 2. The number of thioether (sulfide) groups is 1. The first kappa shape index (κ1) is 19.0. The summed E-state index contributed by atoms with van der Waals surface area (Å²) in [5.41, 5.74) is 2.57. The van der Waals surface area contributed by atoms with Gasteiger partial charge < -0.3 is 0 Å². The second-order valence-corrected chi connectivity index (χ2v) is 7.96. The molecule has 140 valence electrons. The van der Waals surface area contributed by atoms with Gasteiger partial charge in [0, 0.05) is 18.1 Å². The van der Waals surface area contributed by atoms with E-state index in [4.69, 9.17) is 28.2 Å². The van der Waals surface area contributed by atoms with Gasteiger partial charge in [0.15, 0.2) is 5.16 Å². The van der Waals surface area contributed by atoms with Crippen LogP contribution in [0.15, 0.2) is 76.9 Å². The van der Waals surface area contributed by atoms with Crippen LogP contribution in [0.4, 0.5) is 0 Å². The molecule has 4 nitrogen and oxygen atoms in total. The highest BCUT2D eigenvalue weighted by Crippen LogP contribution is 2.27. The van der Waals surface area contributed by atoms with Crippen LogP contribution in [0.3, 0.4) is 0 Å². The molecule has 0 radical (unpaired) electrons. The van der Waals surface area contributed by atoms with Crippen LogP contribution in [0.25, 0.3) is 10.9 Å². The third-order valence-corrected chi connectivity index (χ3v) is 6.03. The van der Waals surface area contributed by atoms with Gasteiger partial charge in [-0.15, -0.1) is 0 Å². The number of halogens is 2. The molecule has 4 rings (SSSR count). The highest BCUT2D eigenvalue weighted by molar-refractivity contribution is 7.98. The second-order valence-electron chi connectivity index (χ2n) is 6.20. The third-order valence-electron chi connectivity index (χ3n) is 4.24. The van der Waals surface area contributed by atoms with E-state index in [0.29, 0.717) is 38.4 Å². The Morgan fingerprint density at radius 1 is 0.964 bits per heavy atom. The Morgan fingerprint density at radius 3 is 2.61 bits per heavy atom. The minimum absolute atomic E-state index is 0.0638. The molecule has 0 aliphatic rings. The highest BCUT2D eigenvalue weighted by Gasteiger charge is 2.12. The number of nitrogens with zero attached hydrogens (tertiary/aromatic N) is 3.